The van der Waals surface area contributed by atoms with Crippen molar-refractivity contribution in [1.29, 1.82) is 5.26 Å². The molecule has 0 aliphatic heterocycles. The topological polar surface area (TPSA) is 82.0 Å². The average molecular weight is 467 g/mol. The van der Waals surface area contributed by atoms with Gasteiger partial charge < -0.3 is 18.9 Å². The van der Waals surface area contributed by atoms with Crippen LogP contribution in [0.15, 0.2) is 0 Å². The zero-order chi connectivity index (χ0) is 23.4. The van der Waals surface area contributed by atoms with Gasteiger partial charge in [-0.05, 0) is 83.0 Å². The number of rotatable bonds is 19. The molecule has 33 heavy (non-hydrogen) atoms. The van der Waals surface area contributed by atoms with Gasteiger partial charge >= 0.3 is 0 Å². The lowest BCUT2D eigenvalue weighted by Crippen LogP contribution is -2.52. The summed E-state index contributed by atoms with van der Waals surface area (Å²) in [4.78, 5) is 5.32. The monoisotopic (exact) mass is 466 g/mol. The van der Waals surface area contributed by atoms with Crippen molar-refractivity contribution in [3.05, 3.63) is 0 Å². The molecule has 4 bridgehead atoms. The molecule has 0 radical (unpaired) electrons. The quantitative estimate of drug-likeness (QED) is 0.169. The smallest absolute Gasteiger partial charge is 0.119 e. The van der Waals surface area contributed by atoms with E-state index in [9.17, 15) is 0 Å². The predicted octanol–water partition coefficient (Wildman–Crippen LogP) is 4.61. The molecule has 4 fully saturated rings. The van der Waals surface area contributed by atoms with Gasteiger partial charge in [-0.2, -0.15) is 10.7 Å². The van der Waals surface area contributed by atoms with E-state index in [1.807, 2.05) is 13.8 Å². The Hall–Kier alpha value is -0.750. The number of hydrogen-bond acceptors (Lipinski definition) is 7. The number of nitrogens with one attached hydrogen (secondary N) is 1. The number of nitriles is 1. The van der Waals surface area contributed by atoms with Gasteiger partial charge in [-0.3, -0.25) is 4.84 Å². The third-order valence-corrected chi connectivity index (χ3v) is 7.48. The number of hydrogen-bond donors (Lipinski definition) is 1. The van der Waals surface area contributed by atoms with E-state index < -0.39 is 0 Å². The highest BCUT2D eigenvalue weighted by Gasteiger charge is 2.51. The molecule has 4 rings (SSSR count). The van der Waals surface area contributed by atoms with Crippen molar-refractivity contribution in [2.24, 2.45) is 23.2 Å². The summed E-state index contributed by atoms with van der Waals surface area (Å²) in [6.45, 7) is 8.54. The summed E-state index contributed by atoms with van der Waals surface area (Å²) in [5, 5.41) is 8.99. The van der Waals surface area contributed by atoms with E-state index >= 15 is 0 Å². The fraction of sp³-hybridized carbons (Fsp3) is 0.962. The van der Waals surface area contributed by atoms with Crippen LogP contribution in [0.3, 0.4) is 0 Å². The van der Waals surface area contributed by atoms with Crippen LogP contribution in [0.2, 0.25) is 0 Å². The van der Waals surface area contributed by atoms with E-state index in [-0.39, 0.29) is 11.0 Å². The zero-order valence-corrected chi connectivity index (χ0v) is 20.9. The van der Waals surface area contributed by atoms with Crippen LogP contribution in [0.4, 0.5) is 0 Å². The number of unbranched alkanes of at least 4 members (excludes halogenated alkanes) is 2. The molecule has 0 heterocycles. The van der Waals surface area contributed by atoms with Crippen molar-refractivity contribution in [1.82, 2.24) is 5.48 Å². The second kappa shape index (κ2) is 14.0. The molecule has 0 atom stereocenters. The number of nitrogens with zero attached hydrogens (tertiary/aromatic N) is 1. The van der Waals surface area contributed by atoms with E-state index in [0.29, 0.717) is 46.4 Å². The lowest BCUT2D eigenvalue weighted by molar-refractivity contribution is -0.170. The van der Waals surface area contributed by atoms with Gasteiger partial charge in [0, 0.05) is 6.61 Å². The Morgan fingerprint density at radius 1 is 0.788 bits per heavy atom. The summed E-state index contributed by atoms with van der Waals surface area (Å²) in [5.41, 5.74) is 2.75. The minimum Gasteiger partial charge on any atom is -0.379 e. The molecule has 0 amide bonds. The molecule has 0 aromatic heterocycles. The van der Waals surface area contributed by atoms with E-state index in [0.717, 1.165) is 50.0 Å². The minimum absolute atomic E-state index is 0.173. The Labute approximate surface area is 200 Å². The van der Waals surface area contributed by atoms with Crippen LogP contribution in [0.5, 0.6) is 0 Å². The maximum atomic E-state index is 8.99. The summed E-state index contributed by atoms with van der Waals surface area (Å²) < 4.78 is 23.0. The van der Waals surface area contributed by atoms with Gasteiger partial charge in [0.1, 0.15) is 6.73 Å². The van der Waals surface area contributed by atoms with E-state index in [2.05, 4.69) is 11.5 Å². The van der Waals surface area contributed by atoms with Crippen molar-refractivity contribution in [3.8, 4) is 6.07 Å². The Morgan fingerprint density at radius 2 is 1.39 bits per heavy atom. The number of ether oxygens (including phenoxy) is 4. The Bertz CT molecular complexity index is 556. The van der Waals surface area contributed by atoms with Gasteiger partial charge in [0.15, 0.2) is 0 Å². The standard InChI is InChI=1S/C26H46N2O5/c1-25(2,20-27)6-4-3-5-7-29-8-9-31-21-28-33-13-11-30-10-12-32-26-17-22-14-23(18-26)16-24(15-22)19-26/h22-24,28H,3-19,21H2,1-2H3. The first-order valence-electron chi connectivity index (χ1n) is 13.1. The Morgan fingerprint density at radius 3 is 2.09 bits per heavy atom. The molecule has 0 aromatic carbocycles. The number of hydroxylamine groups is 1. The molecule has 0 spiro atoms. The largest absolute Gasteiger partial charge is 0.379 e. The second-order valence-electron chi connectivity index (χ2n) is 11.0. The molecule has 4 aliphatic rings. The Kier molecular flexibility index (Phi) is 11.4. The third kappa shape index (κ3) is 9.79. The molecule has 0 saturated heterocycles. The molecule has 4 aliphatic carbocycles. The first-order chi connectivity index (χ1) is 16.0. The molecule has 4 saturated carbocycles. The van der Waals surface area contributed by atoms with Crippen molar-refractivity contribution >= 4 is 0 Å². The SMILES string of the molecule is CC(C)(C#N)CCCCCOCCOCNOCCOCCOC12CC3CC(CC(C3)C1)C2. The summed E-state index contributed by atoms with van der Waals surface area (Å²) in [5.74, 6) is 2.76. The molecule has 0 unspecified atom stereocenters. The highest BCUT2D eigenvalue weighted by molar-refractivity contribution is 5.03. The predicted molar refractivity (Wildman–Crippen MR) is 126 cm³/mol. The lowest BCUT2D eigenvalue weighted by Gasteiger charge is -2.56. The average Bonchev–Trinajstić information content (AvgIpc) is 2.77. The molecule has 7 nitrogen and oxygen atoms in total. The van der Waals surface area contributed by atoms with E-state index in [4.69, 9.17) is 29.0 Å². The maximum Gasteiger partial charge on any atom is 0.119 e. The Balaban J connectivity index is 1.02. The fourth-order valence-corrected chi connectivity index (χ4v) is 6.18. The van der Waals surface area contributed by atoms with Gasteiger partial charge in [0.2, 0.25) is 0 Å². The van der Waals surface area contributed by atoms with Gasteiger partial charge in [-0.15, -0.1) is 0 Å². The highest BCUT2D eigenvalue weighted by Crippen LogP contribution is 2.57. The van der Waals surface area contributed by atoms with E-state index in [1.54, 1.807) is 0 Å². The van der Waals surface area contributed by atoms with Crippen LogP contribution in [-0.4, -0.2) is 58.6 Å². The second-order valence-corrected chi connectivity index (χ2v) is 11.0. The molecular weight excluding hydrogens is 420 g/mol. The molecule has 190 valence electrons. The maximum absolute atomic E-state index is 8.99. The van der Waals surface area contributed by atoms with Gasteiger partial charge in [0.05, 0.1) is 56.7 Å². The van der Waals surface area contributed by atoms with E-state index in [1.165, 1.54) is 38.5 Å². The van der Waals surface area contributed by atoms with Crippen LogP contribution in [0.25, 0.3) is 0 Å². The molecule has 7 heteroatoms. The van der Waals surface area contributed by atoms with Gasteiger partial charge in [0.25, 0.3) is 0 Å². The van der Waals surface area contributed by atoms with Crippen LogP contribution in [0, 0.1) is 34.5 Å². The zero-order valence-electron chi connectivity index (χ0n) is 20.9. The summed E-state index contributed by atoms with van der Waals surface area (Å²) >= 11 is 0. The first kappa shape index (κ1) is 26.8. The van der Waals surface area contributed by atoms with Gasteiger partial charge in [-0.25, -0.2) is 0 Å². The first-order valence-corrected chi connectivity index (χ1v) is 13.1. The lowest BCUT2D eigenvalue weighted by atomic mass is 9.54. The van der Waals surface area contributed by atoms with Crippen LogP contribution < -0.4 is 5.48 Å². The van der Waals surface area contributed by atoms with Gasteiger partial charge in [-0.1, -0.05) is 12.8 Å². The molecular formula is C26H46N2O5. The normalized spacial score (nSPS) is 28.3. The van der Waals surface area contributed by atoms with Crippen LogP contribution in [0.1, 0.15) is 78.1 Å². The molecule has 1 N–H and O–H groups in total. The summed E-state index contributed by atoms with van der Waals surface area (Å²) in [6.07, 6.45) is 12.3. The minimum atomic E-state index is -0.210. The van der Waals surface area contributed by atoms with Crippen molar-refractivity contribution in [3.63, 3.8) is 0 Å². The third-order valence-electron chi connectivity index (χ3n) is 7.48. The van der Waals surface area contributed by atoms with Crippen LogP contribution in [-0.2, 0) is 23.8 Å². The molecule has 0 aromatic rings. The van der Waals surface area contributed by atoms with Crippen molar-refractivity contribution in [2.45, 2.75) is 83.7 Å². The highest BCUT2D eigenvalue weighted by atomic mass is 16.7. The van der Waals surface area contributed by atoms with Crippen molar-refractivity contribution in [2.75, 3.05) is 53.0 Å². The van der Waals surface area contributed by atoms with Crippen molar-refractivity contribution < 1.29 is 23.8 Å². The van der Waals surface area contributed by atoms with Crippen LogP contribution >= 0.6 is 0 Å². The summed E-state index contributed by atoms with van der Waals surface area (Å²) in [6, 6.07) is 2.34. The fourth-order valence-electron chi connectivity index (χ4n) is 6.18. The summed E-state index contributed by atoms with van der Waals surface area (Å²) in [7, 11) is 0.